The molecule has 0 spiro atoms. The predicted octanol–water partition coefficient (Wildman–Crippen LogP) is -0.508. The highest BCUT2D eigenvalue weighted by Crippen LogP contribution is 2.26. The lowest BCUT2D eigenvalue weighted by Gasteiger charge is -2.34. The van der Waals surface area contributed by atoms with Gasteiger partial charge in [-0.3, -0.25) is 38.4 Å². The number of hydrogen-bond donors (Lipinski definition) is 6. The lowest BCUT2D eigenvalue weighted by atomic mass is 9.97. The van der Waals surface area contributed by atoms with Crippen LogP contribution in [0.5, 0.6) is 0 Å². The van der Waals surface area contributed by atoms with Gasteiger partial charge in [0, 0.05) is 19.5 Å². The van der Waals surface area contributed by atoms with Crippen molar-refractivity contribution in [3.8, 4) is 0 Å². The van der Waals surface area contributed by atoms with E-state index in [2.05, 4.69) is 26.6 Å². The quantitative estimate of drug-likeness (QED) is 0.212. The Balaban J connectivity index is 1.78. The molecule has 7 N–H and O–H groups in total. The van der Waals surface area contributed by atoms with E-state index in [1.165, 1.54) is 9.80 Å². The van der Waals surface area contributed by atoms with Crippen LogP contribution in [-0.2, 0) is 44.8 Å². The second-order valence-electron chi connectivity index (χ2n) is 15.6. The van der Waals surface area contributed by atoms with E-state index in [1.807, 2.05) is 30.3 Å². The largest absolute Gasteiger partial charge is 0.370 e. The third-order valence-electron chi connectivity index (χ3n) is 10.3. The molecule has 1 aromatic carbocycles. The monoisotopic (exact) mass is 752 g/mol. The van der Waals surface area contributed by atoms with Crippen LogP contribution in [-0.4, -0.2) is 112 Å². The summed E-state index contributed by atoms with van der Waals surface area (Å²) in [7, 11) is 0. The Labute approximate surface area is 316 Å². The summed E-state index contributed by atoms with van der Waals surface area (Å²) in [4.78, 5) is 113. The number of benzene rings is 1. The summed E-state index contributed by atoms with van der Waals surface area (Å²) in [6, 6.07) is 1.21. The first-order chi connectivity index (χ1) is 25.5. The van der Waals surface area contributed by atoms with Crippen LogP contribution in [0.1, 0.15) is 79.2 Å². The molecule has 1 unspecified atom stereocenters. The molecule has 0 aromatic heterocycles. The second-order valence-corrected chi connectivity index (χ2v) is 15.6. The first kappa shape index (κ1) is 41.7. The number of nitrogens with zero attached hydrogens (tertiary/aromatic N) is 2. The standard InChI is InChI=1S/C38H56N8O8/c1-20(2)29-34(50)41-25(18-23-12-8-7-9-13-23)37(53)46-17-11-15-27(46)38(54)45-16-10-14-26(45)33(49)40-24(19-28(39)47)32(48)42-30(21(3)4)35(51)44-31(22(5)6)36(52)43-29/h7-9,12-13,20-22,24-27,29-31H,10-11,14-19H2,1-6H3,(H2,39,47)(H,40,49)(H,41,50)(H,42,48)(H,43,52)(H,44,51)/t24-,25-,26-,27-,29?,30+,31-/m0/s1. The topological polar surface area (TPSA) is 229 Å². The molecule has 0 radical (unpaired) electrons. The van der Waals surface area contributed by atoms with E-state index < -0.39 is 114 Å². The number of primary amides is 1. The van der Waals surface area contributed by atoms with E-state index in [4.69, 9.17) is 5.73 Å². The van der Waals surface area contributed by atoms with Gasteiger partial charge >= 0.3 is 0 Å². The Hall–Kier alpha value is -5.02. The van der Waals surface area contributed by atoms with Gasteiger partial charge in [-0.1, -0.05) is 71.9 Å². The van der Waals surface area contributed by atoms with E-state index in [1.54, 1.807) is 41.5 Å². The van der Waals surface area contributed by atoms with Gasteiger partial charge < -0.3 is 42.1 Å². The molecule has 8 amide bonds. The van der Waals surface area contributed by atoms with E-state index in [0.717, 1.165) is 5.56 Å². The minimum atomic E-state index is -1.47. The molecule has 1 aromatic rings. The van der Waals surface area contributed by atoms with E-state index in [-0.39, 0.29) is 25.9 Å². The van der Waals surface area contributed by atoms with Gasteiger partial charge in [0.05, 0.1) is 6.42 Å². The van der Waals surface area contributed by atoms with Crippen molar-refractivity contribution in [2.45, 2.75) is 122 Å². The van der Waals surface area contributed by atoms with Crippen LogP contribution in [0.2, 0.25) is 0 Å². The SMILES string of the molecule is CC(C)C1NC(=O)[C@H](C(C)C)NC(=O)[C@@H](C(C)C)NC(=O)[C@H](CC(N)=O)NC(=O)[C@@H]2CCCN2C(=O)[C@@H]2CCCN2C(=O)[C@H](Cc2ccccc2)NC1=O. The van der Waals surface area contributed by atoms with Crippen molar-refractivity contribution < 1.29 is 38.4 Å². The van der Waals surface area contributed by atoms with Crippen molar-refractivity contribution in [1.82, 2.24) is 36.4 Å². The van der Waals surface area contributed by atoms with E-state index in [0.29, 0.717) is 19.3 Å². The van der Waals surface area contributed by atoms with Crippen molar-refractivity contribution in [2.75, 3.05) is 13.1 Å². The minimum Gasteiger partial charge on any atom is -0.370 e. The van der Waals surface area contributed by atoms with Crippen LogP contribution in [0.3, 0.4) is 0 Å². The number of carbonyl (C=O) groups excluding carboxylic acids is 8. The van der Waals surface area contributed by atoms with Crippen molar-refractivity contribution >= 4 is 47.3 Å². The fourth-order valence-electron chi connectivity index (χ4n) is 7.32. The van der Waals surface area contributed by atoms with Gasteiger partial charge in [0.1, 0.15) is 42.3 Å². The molecule has 3 aliphatic heterocycles. The molecule has 4 rings (SSSR count). The number of rotatable bonds is 7. The zero-order valence-corrected chi connectivity index (χ0v) is 32.1. The van der Waals surface area contributed by atoms with Gasteiger partial charge in [-0.05, 0) is 49.0 Å². The van der Waals surface area contributed by atoms with E-state index >= 15 is 0 Å². The maximum absolute atomic E-state index is 14.4. The summed E-state index contributed by atoms with van der Waals surface area (Å²) in [5, 5.41) is 13.6. The van der Waals surface area contributed by atoms with Crippen molar-refractivity contribution in [3.05, 3.63) is 35.9 Å². The van der Waals surface area contributed by atoms with Crippen LogP contribution < -0.4 is 32.3 Å². The van der Waals surface area contributed by atoms with Gasteiger partial charge in [0.25, 0.3) is 0 Å². The molecule has 54 heavy (non-hydrogen) atoms. The minimum absolute atomic E-state index is 0.111. The number of hydrogen-bond acceptors (Lipinski definition) is 8. The molecule has 3 heterocycles. The smallest absolute Gasteiger partial charge is 0.246 e. The maximum atomic E-state index is 14.4. The molecule has 3 fully saturated rings. The third kappa shape index (κ3) is 10.1. The lowest BCUT2D eigenvalue weighted by Crippen LogP contribution is -2.62. The zero-order chi connectivity index (χ0) is 39.9. The maximum Gasteiger partial charge on any atom is 0.246 e. The van der Waals surface area contributed by atoms with Gasteiger partial charge in [-0.2, -0.15) is 0 Å². The fraction of sp³-hybridized carbons (Fsp3) is 0.632. The highest BCUT2D eigenvalue weighted by atomic mass is 16.2. The average molecular weight is 753 g/mol. The summed E-state index contributed by atoms with van der Waals surface area (Å²) in [6.07, 6.45) is 1.16. The Morgan fingerprint density at radius 2 is 1.06 bits per heavy atom. The summed E-state index contributed by atoms with van der Waals surface area (Å²) >= 11 is 0. The average Bonchev–Trinajstić information content (AvgIpc) is 3.81. The third-order valence-corrected chi connectivity index (χ3v) is 10.3. The number of carbonyl (C=O) groups is 8. The Morgan fingerprint density at radius 3 is 1.56 bits per heavy atom. The van der Waals surface area contributed by atoms with Gasteiger partial charge in [0.15, 0.2) is 0 Å². The van der Waals surface area contributed by atoms with Crippen LogP contribution >= 0.6 is 0 Å². The predicted molar refractivity (Wildman–Crippen MR) is 198 cm³/mol. The van der Waals surface area contributed by atoms with Crippen LogP contribution in [0.4, 0.5) is 0 Å². The van der Waals surface area contributed by atoms with Crippen molar-refractivity contribution in [2.24, 2.45) is 23.5 Å². The molecule has 0 bridgehead atoms. The fourth-order valence-corrected chi connectivity index (χ4v) is 7.32. The molecule has 0 saturated carbocycles. The Kier molecular flexibility index (Phi) is 14.2. The van der Waals surface area contributed by atoms with Gasteiger partial charge in [-0.25, -0.2) is 0 Å². The molecule has 3 saturated heterocycles. The molecule has 0 aliphatic carbocycles. The second kappa shape index (κ2) is 18.3. The van der Waals surface area contributed by atoms with Crippen LogP contribution in [0.15, 0.2) is 30.3 Å². The molecule has 16 heteroatoms. The van der Waals surface area contributed by atoms with Crippen molar-refractivity contribution in [3.63, 3.8) is 0 Å². The van der Waals surface area contributed by atoms with Crippen LogP contribution in [0, 0.1) is 17.8 Å². The number of amides is 8. The first-order valence-corrected chi connectivity index (χ1v) is 18.9. The zero-order valence-electron chi connectivity index (χ0n) is 32.1. The van der Waals surface area contributed by atoms with Gasteiger partial charge in [-0.15, -0.1) is 0 Å². The molecule has 296 valence electrons. The summed E-state index contributed by atoms with van der Waals surface area (Å²) < 4.78 is 0. The Morgan fingerprint density at radius 1 is 0.611 bits per heavy atom. The molecular formula is C38H56N8O8. The molecule has 7 atom stereocenters. The Bertz CT molecular complexity index is 1580. The number of fused-ring (bicyclic) bond motifs is 2. The van der Waals surface area contributed by atoms with Crippen molar-refractivity contribution in [1.29, 1.82) is 0 Å². The number of nitrogens with one attached hydrogen (secondary N) is 5. The number of nitrogens with two attached hydrogens (primary N) is 1. The molecule has 16 nitrogen and oxygen atoms in total. The van der Waals surface area contributed by atoms with Gasteiger partial charge in [0.2, 0.25) is 47.3 Å². The van der Waals surface area contributed by atoms with E-state index in [9.17, 15) is 38.4 Å². The summed E-state index contributed by atoms with van der Waals surface area (Å²) in [5.41, 5.74) is 6.23. The molecule has 3 aliphatic rings. The summed E-state index contributed by atoms with van der Waals surface area (Å²) in [5.74, 6) is -6.68. The normalized spacial score (nSPS) is 28.2. The van der Waals surface area contributed by atoms with Crippen LogP contribution in [0.25, 0.3) is 0 Å². The highest BCUT2D eigenvalue weighted by Gasteiger charge is 2.45. The lowest BCUT2D eigenvalue weighted by molar-refractivity contribution is -0.148. The summed E-state index contributed by atoms with van der Waals surface area (Å²) in [6.45, 7) is 10.8. The molecular weight excluding hydrogens is 696 g/mol. The first-order valence-electron chi connectivity index (χ1n) is 18.9. The highest BCUT2D eigenvalue weighted by molar-refractivity contribution is 6.00.